The molecule has 1 heterocycles. The molecule has 0 saturated carbocycles. The van der Waals surface area contributed by atoms with Gasteiger partial charge in [-0.25, -0.2) is 8.42 Å². The van der Waals surface area contributed by atoms with E-state index in [0.29, 0.717) is 18.4 Å². The average molecular weight is 458 g/mol. The Labute approximate surface area is 134 Å². The highest BCUT2D eigenvalue weighted by Gasteiger charge is 2.25. The first-order valence-electron chi connectivity index (χ1n) is 5.84. The van der Waals surface area contributed by atoms with Gasteiger partial charge in [0.1, 0.15) is 9.84 Å². The summed E-state index contributed by atoms with van der Waals surface area (Å²) < 4.78 is 24.4. The Morgan fingerprint density at radius 1 is 1.32 bits per heavy atom. The Morgan fingerprint density at radius 2 is 1.95 bits per heavy atom. The molecule has 0 radical (unpaired) electrons. The fourth-order valence-electron chi connectivity index (χ4n) is 1.97. The molecule has 1 N–H and O–H groups in total. The summed E-state index contributed by atoms with van der Waals surface area (Å²) >= 11 is 5.50. The van der Waals surface area contributed by atoms with Crippen molar-refractivity contribution in [1.29, 1.82) is 0 Å². The van der Waals surface area contributed by atoms with Gasteiger partial charge < -0.3 is 5.32 Å². The molecule has 0 aromatic heterocycles. The Bertz CT molecular complexity index is 589. The normalized spacial score (nSPS) is 19.1. The Hall–Kier alpha value is -0.150. The molecule has 2 rings (SSSR count). The number of hydrogen-bond donors (Lipinski definition) is 1. The molecule has 0 atom stereocenters. The molecule has 1 fully saturated rings. The third kappa shape index (κ3) is 4.16. The highest BCUT2D eigenvalue weighted by molar-refractivity contribution is 14.1. The Balaban J connectivity index is 2.04. The van der Waals surface area contributed by atoms with Gasteiger partial charge in [-0.1, -0.05) is 0 Å². The van der Waals surface area contributed by atoms with Crippen molar-refractivity contribution in [2.75, 3.05) is 11.5 Å². The zero-order valence-corrected chi connectivity index (χ0v) is 14.6. The number of sulfone groups is 1. The molecular formula is C12H13BrINO3S. The van der Waals surface area contributed by atoms with E-state index in [2.05, 4.69) is 43.8 Å². The number of amides is 1. The lowest BCUT2D eigenvalue weighted by Gasteiger charge is -2.23. The lowest BCUT2D eigenvalue weighted by Crippen LogP contribution is -2.41. The van der Waals surface area contributed by atoms with Crippen LogP contribution < -0.4 is 5.32 Å². The van der Waals surface area contributed by atoms with Gasteiger partial charge >= 0.3 is 0 Å². The van der Waals surface area contributed by atoms with Crippen LogP contribution in [0.5, 0.6) is 0 Å². The van der Waals surface area contributed by atoms with Gasteiger partial charge in [-0.3, -0.25) is 4.79 Å². The minimum atomic E-state index is -2.89. The van der Waals surface area contributed by atoms with Gasteiger partial charge in [0.2, 0.25) is 0 Å². The molecule has 104 valence electrons. The van der Waals surface area contributed by atoms with Gasteiger partial charge in [0.25, 0.3) is 5.91 Å². The smallest absolute Gasteiger partial charge is 0.252 e. The van der Waals surface area contributed by atoms with Gasteiger partial charge in [0, 0.05) is 14.1 Å². The zero-order valence-electron chi connectivity index (χ0n) is 10.0. The standard InChI is InChI=1S/C12H13BrINO3S/c13-11-2-1-8(14)7-10(11)12(16)15-9-3-5-19(17,18)6-4-9/h1-2,7,9H,3-6H2,(H,15,16). The van der Waals surface area contributed by atoms with Crippen LogP contribution in [-0.2, 0) is 9.84 Å². The van der Waals surface area contributed by atoms with Crippen molar-refractivity contribution in [2.24, 2.45) is 0 Å². The molecule has 19 heavy (non-hydrogen) atoms. The van der Waals surface area contributed by atoms with E-state index in [-0.39, 0.29) is 23.5 Å². The number of rotatable bonds is 2. The number of halogens is 2. The number of hydrogen-bond acceptors (Lipinski definition) is 3. The molecule has 1 aromatic rings. The molecule has 0 spiro atoms. The van der Waals surface area contributed by atoms with Crippen LogP contribution in [0.1, 0.15) is 23.2 Å². The summed E-state index contributed by atoms with van der Waals surface area (Å²) in [6.45, 7) is 0. The van der Waals surface area contributed by atoms with E-state index in [1.54, 1.807) is 6.07 Å². The molecule has 1 aliphatic rings. The fraction of sp³-hybridized carbons (Fsp3) is 0.417. The molecule has 0 bridgehead atoms. The summed E-state index contributed by atoms with van der Waals surface area (Å²) in [6, 6.07) is 5.50. The Morgan fingerprint density at radius 3 is 2.58 bits per heavy atom. The van der Waals surface area contributed by atoms with E-state index in [4.69, 9.17) is 0 Å². The molecule has 0 unspecified atom stereocenters. The van der Waals surface area contributed by atoms with Crippen LogP contribution >= 0.6 is 38.5 Å². The van der Waals surface area contributed by atoms with E-state index >= 15 is 0 Å². The second-order valence-corrected chi connectivity index (χ2v) is 8.93. The third-order valence-electron chi connectivity index (χ3n) is 3.06. The first-order valence-corrected chi connectivity index (χ1v) is 9.53. The highest BCUT2D eigenvalue weighted by atomic mass is 127. The molecule has 0 aliphatic carbocycles. The minimum absolute atomic E-state index is 0.0548. The van der Waals surface area contributed by atoms with Crippen LogP contribution in [0, 0.1) is 3.57 Å². The monoisotopic (exact) mass is 457 g/mol. The highest BCUT2D eigenvalue weighted by Crippen LogP contribution is 2.20. The maximum Gasteiger partial charge on any atom is 0.252 e. The van der Waals surface area contributed by atoms with Gasteiger partial charge in [0.15, 0.2) is 0 Å². The quantitative estimate of drug-likeness (QED) is 0.693. The van der Waals surface area contributed by atoms with Crippen molar-refractivity contribution in [2.45, 2.75) is 18.9 Å². The van der Waals surface area contributed by atoms with E-state index in [9.17, 15) is 13.2 Å². The van der Waals surface area contributed by atoms with Gasteiger partial charge in [-0.2, -0.15) is 0 Å². The molecule has 7 heteroatoms. The second kappa shape index (κ2) is 6.09. The Kier molecular flexibility index (Phi) is 4.88. The van der Waals surface area contributed by atoms with Crippen molar-refractivity contribution in [3.05, 3.63) is 31.8 Å². The van der Waals surface area contributed by atoms with Gasteiger partial charge in [-0.15, -0.1) is 0 Å². The fourth-order valence-corrected chi connectivity index (χ4v) is 4.38. The summed E-state index contributed by atoms with van der Waals surface area (Å²) in [5, 5.41) is 2.90. The van der Waals surface area contributed by atoms with E-state index in [1.165, 1.54) is 0 Å². The lowest BCUT2D eigenvalue weighted by molar-refractivity contribution is 0.0933. The maximum atomic E-state index is 12.2. The first kappa shape index (κ1) is 15.2. The number of benzene rings is 1. The van der Waals surface area contributed by atoms with E-state index < -0.39 is 9.84 Å². The van der Waals surface area contributed by atoms with Crippen molar-refractivity contribution < 1.29 is 13.2 Å². The van der Waals surface area contributed by atoms with Crippen LogP contribution in [0.25, 0.3) is 0 Å². The van der Waals surface area contributed by atoms with Crippen molar-refractivity contribution in [3.8, 4) is 0 Å². The topological polar surface area (TPSA) is 63.2 Å². The summed E-state index contributed by atoms with van der Waals surface area (Å²) in [5.41, 5.74) is 0.584. The second-order valence-electron chi connectivity index (χ2n) is 4.52. The summed E-state index contributed by atoms with van der Waals surface area (Å²) in [7, 11) is -2.89. The van der Waals surface area contributed by atoms with Crippen molar-refractivity contribution >= 4 is 54.3 Å². The maximum absolute atomic E-state index is 12.2. The van der Waals surface area contributed by atoms with Crippen LogP contribution in [0.2, 0.25) is 0 Å². The largest absolute Gasteiger partial charge is 0.349 e. The molecule has 4 nitrogen and oxygen atoms in total. The average Bonchev–Trinajstić information content (AvgIpc) is 2.35. The predicted molar refractivity (Wildman–Crippen MR) is 86.0 cm³/mol. The van der Waals surface area contributed by atoms with Gasteiger partial charge in [-0.05, 0) is 69.6 Å². The van der Waals surface area contributed by atoms with Crippen LogP contribution in [0.4, 0.5) is 0 Å². The third-order valence-corrected chi connectivity index (χ3v) is 6.14. The molecule has 1 aliphatic heterocycles. The van der Waals surface area contributed by atoms with E-state index in [1.807, 2.05) is 12.1 Å². The zero-order chi connectivity index (χ0) is 14.0. The van der Waals surface area contributed by atoms with Crippen LogP contribution in [0.3, 0.4) is 0 Å². The van der Waals surface area contributed by atoms with Crippen LogP contribution in [-0.4, -0.2) is 31.9 Å². The predicted octanol–water partition coefficient (Wildman–Crippen LogP) is 2.36. The van der Waals surface area contributed by atoms with Crippen LogP contribution in [0.15, 0.2) is 22.7 Å². The molecule has 1 amide bonds. The molecule has 1 saturated heterocycles. The summed E-state index contributed by atoms with van der Waals surface area (Å²) in [5.74, 6) is 0.159. The van der Waals surface area contributed by atoms with Crippen molar-refractivity contribution in [1.82, 2.24) is 5.32 Å². The van der Waals surface area contributed by atoms with Crippen molar-refractivity contribution in [3.63, 3.8) is 0 Å². The number of carbonyl (C=O) groups excluding carboxylic acids is 1. The first-order chi connectivity index (χ1) is 8.87. The summed E-state index contributed by atoms with van der Waals surface area (Å²) in [4.78, 5) is 12.2. The minimum Gasteiger partial charge on any atom is -0.349 e. The number of nitrogens with one attached hydrogen (secondary N) is 1. The summed E-state index contributed by atoms with van der Waals surface area (Å²) in [6.07, 6.45) is 0.991. The van der Waals surface area contributed by atoms with Gasteiger partial charge in [0.05, 0.1) is 17.1 Å². The van der Waals surface area contributed by atoms with E-state index in [0.717, 1.165) is 8.04 Å². The number of carbonyl (C=O) groups is 1. The molecule has 1 aromatic carbocycles. The SMILES string of the molecule is O=C(NC1CCS(=O)(=O)CC1)c1cc(I)ccc1Br. The lowest BCUT2D eigenvalue weighted by atomic mass is 10.1. The molecular weight excluding hydrogens is 445 g/mol.